The summed E-state index contributed by atoms with van der Waals surface area (Å²) in [5, 5.41) is 11.1. The van der Waals surface area contributed by atoms with E-state index < -0.39 is 39.7 Å². The van der Waals surface area contributed by atoms with Crippen LogP contribution in [0.1, 0.15) is 60.9 Å². The fourth-order valence-electron chi connectivity index (χ4n) is 3.39. The topological polar surface area (TPSA) is 158 Å². The van der Waals surface area contributed by atoms with E-state index in [2.05, 4.69) is 9.47 Å². The Bertz CT molecular complexity index is 1280. The summed E-state index contributed by atoms with van der Waals surface area (Å²) in [5.74, 6) is -1.25. The first-order chi connectivity index (χ1) is 18.2. The van der Waals surface area contributed by atoms with Crippen molar-refractivity contribution in [1.82, 2.24) is 0 Å². The van der Waals surface area contributed by atoms with Gasteiger partial charge in [-0.3, -0.25) is 14.9 Å². The average molecular weight is 546 g/mol. The molecule has 0 fully saturated rings. The molecule has 210 valence electrons. The molecular formula is C27H31NO11. The summed E-state index contributed by atoms with van der Waals surface area (Å²) in [4.78, 5) is 56.8. The molecule has 0 bridgehead atoms. The van der Waals surface area contributed by atoms with Crippen molar-refractivity contribution >= 4 is 29.4 Å². The second-order valence-electron chi connectivity index (χ2n) is 9.29. The SMILES string of the molecule is CCOC(=O)C(C)(C)Oc1ccc(C(=O)OC)cc1[N+](=O)[O-].COC(=O)c1ccc2c(c1)CC(=O)C(C)(C)O2. The quantitative estimate of drug-likeness (QED) is 0.215. The van der Waals surface area contributed by atoms with E-state index in [1.165, 1.54) is 40.2 Å². The molecule has 2 aromatic rings. The number of methoxy groups -OCH3 is 2. The second kappa shape index (κ2) is 12.4. The van der Waals surface area contributed by atoms with E-state index in [4.69, 9.17) is 14.2 Å². The highest BCUT2D eigenvalue weighted by atomic mass is 16.6. The van der Waals surface area contributed by atoms with Gasteiger partial charge in [-0.05, 0) is 65.0 Å². The van der Waals surface area contributed by atoms with Gasteiger partial charge in [0.15, 0.2) is 17.1 Å². The summed E-state index contributed by atoms with van der Waals surface area (Å²) < 4.78 is 25.0. The molecule has 39 heavy (non-hydrogen) atoms. The molecule has 0 saturated carbocycles. The molecular weight excluding hydrogens is 514 g/mol. The van der Waals surface area contributed by atoms with Crippen LogP contribution in [0.3, 0.4) is 0 Å². The highest BCUT2D eigenvalue weighted by Gasteiger charge is 2.36. The largest absolute Gasteiger partial charge is 0.480 e. The number of esters is 3. The van der Waals surface area contributed by atoms with Crippen molar-refractivity contribution in [3.8, 4) is 11.5 Å². The molecule has 12 heteroatoms. The predicted molar refractivity (Wildman–Crippen MR) is 137 cm³/mol. The van der Waals surface area contributed by atoms with Gasteiger partial charge >= 0.3 is 23.6 Å². The monoisotopic (exact) mass is 545 g/mol. The molecule has 0 amide bonds. The Labute approximate surface area is 225 Å². The fourth-order valence-corrected chi connectivity index (χ4v) is 3.39. The van der Waals surface area contributed by atoms with Crippen molar-refractivity contribution < 1.29 is 47.8 Å². The van der Waals surface area contributed by atoms with Crippen molar-refractivity contribution in [1.29, 1.82) is 0 Å². The third kappa shape index (κ3) is 7.53. The van der Waals surface area contributed by atoms with E-state index in [0.717, 1.165) is 11.6 Å². The third-order valence-corrected chi connectivity index (χ3v) is 5.58. The summed E-state index contributed by atoms with van der Waals surface area (Å²) in [5.41, 5.74) is -1.47. The first kappa shape index (κ1) is 30.7. The van der Waals surface area contributed by atoms with E-state index in [1.807, 2.05) is 0 Å². The minimum absolute atomic E-state index is 0.00650. The third-order valence-electron chi connectivity index (χ3n) is 5.58. The van der Waals surface area contributed by atoms with Crippen LogP contribution in [0.15, 0.2) is 36.4 Å². The van der Waals surface area contributed by atoms with Crippen LogP contribution in [0.5, 0.6) is 11.5 Å². The molecule has 1 heterocycles. The van der Waals surface area contributed by atoms with Gasteiger partial charge in [0, 0.05) is 18.1 Å². The zero-order valence-corrected chi connectivity index (χ0v) is 22.8. The van der Waals surface area contributed by atoms with E-state index in [9.17, 15) is 29.3 Å². The number of nitro groups is 1. The van der Waals surface area contributed by atoms with Gasteiger partial charge in [-0.1, -0.05) is 0 Å². The first-order valence-electron chi connectivity index (χ1n) is 11.8. The van der Waals surface area contributed by atoms with Gasteiger partial charge in [0.2, 0.25) is 5.60 Å². The Hall–Kier alpha value is -4.48. The number of ether oxygens (including phenoxy) is 5. The van der Waals surface area contributed by atoms with Crippen LogP contribution in [0, 0.1) is 10.1 Å². The number of nitro benzene ring substituents is 1. The van der Waals surface area contributed by atoms with Gasteiger partial charge in [0.1, 0.15) is 5.75 Å². The lowest BCUT2D eigenvalue weighted by atomic mass is 9.92. The fraction of sp³-hybridized carbons (Fsp3) is 0.407. The van der Waals surface area contributed by atoms with E-state index in [1.54, 1.807) is 39.0 Å². The zero-order valence-electron chi connectivity index (χ0n) is 22.8. The number of nitrogens with zero attached hydrogens (tertiary/aromatic N) is 1. The van der Waals surface area contributed by atoms with Gasteiger partial charge in [0.25, 0.3) is 0 Å². The molecule has 3 rings (SSSR count). The number of carbonyl (C=O) groups is 4. The van der Waals surface area contributed by atoms with Gasteiger partial charge < -0.3 is 23.7 Å². The van der Waals surface area contributed by atoms with E-state index >= 15 is 0 Å². The minimum atomic E-state index is -1.41. The zero-order chi connectivity index (χ0) is 29.5. The molecule has 0 saturated heterocycles. The highest BCUT2D eigenvalue weighted by Crippen LogP contribution is 2.33. The van der Waals surface area contributed by atoms with Gasteiger partial charge in [-0.25, -0.2) is 14.4 Å². The summed E-state index contributed by atoms with van der Waals surface area (Å²) in [6.45, 7) is 8.15. The van der Waals surface area contributed by atoms with Crippen LogP contribution < -0.4 is 9.47 Å². The number of hydrogen-bond donors (Lipinski definition) is 0. The molecule has 0 radical (unpaired) electrons. The Kier molecular flexibility index (Phi) is 9.76. The van der Waals surface area contributed by atoms with Crippen molar-refractivity contribution in [2.24, 2.45) is 0 Å². The van der Waals surface area contributed by atoms with Crippen LogP contribution >= 0.6 is 0 Å². The van der Waals surface area contributed by atoms with Crippen molar-refractivity contribution in [3.05, 3.63) is 63.2 Å². The van der Waals surface area contributed by atoms with Gasteiger partial charge in [-0.15, -0.1) is 0 Å². The normalized spacial score (nSPS) is 13.5. The summed E-state index contributed by atoms with van der Waals surface area (Å²) >= 11 is 0. The number of carbonyl (C=O) groups excluding carboxylic acids is 4. The average Bonchev–Trinajstić information content (AvgIpc) is 2.88. The number of rotatable bonds is 7. The molecule has 0 unspecified atom stereocenters. The molecule has 2 aromatic carbocycles. The minimum Gasteiger partial charge on any atom is -0.480 e. The number of fused-ring (bicyclic) bond motifs is 1. The Balaban J connectivity index is 0.000000282. The number of hydrogen-bond acceptors (Lipinski definition) is 11. The van der Waals surface area contributed by atoms with Gasteiger partial charge in [0.05, 0.1) is 36.9 Å². The molecule has 0 spiro atoms. The Morgan fingerprint density at radius 3 is 2.13 bits per heavy atom. The predicted octanol–water partition coefficient (Wildman–Crippen LogP) is 3.86. The Morgan fingerprint density at radius 2 is 1.59 bits per heavy atom. The molecule has 0 aliphatic carbocycles. The first-order valence-corrected chi connectivity index (χ1v) is 11.8. The number of Topliss-reactive ketones (excluding diaryl/α,β-unsaturated/α-hetero) is 1. The summed E-state index contributed by atoms with van der Waals surface area (Å²) in [6, 6.07) is 8.57. The summed E-state index contributed by atoms with van der Waals surface area (Å²) in [7, 11) is 2.50. The van der Waals surface area contributed by atoms with Crippen molar-refractivity contribution in [2.45, 2.75) is 52.2 Å². The van der Waals surface area contributed by atoms with Crippen molar-refractivity contribution in [3.63, 3.8) is 0 Å². The molecule has 12 nitrogen and oxygen atoms in total. The molecule has 0 atom stereocenters. The van der Waals surface area contributed by atoms with Gasteiger partial charge in [-0.2, -0.15) is 0 Å². The van der Waals surface area contributed by atoms with Crippen molar-refractivity contribution in [2.75, 3.05) is 20.8 Å². The maximum atomic E-state index is 11.8. The summed E-state index contributed by atoms with van der Waals surface area (Å²) in [6.07, 6.45) is 0.285. The van der Waals surface area contributed by atoms with E-state index in [0.29, 0.717) is 11.3 Å². The molecule has 1 aliphatic heterocycles. The Morgan fingerprint density at radius 1 is 1.03 bits per heavy atom. The van der Waals surface area contributed by atoms with Crippen LogP contribution in [-0.2, 0) is 30.2 Å². The van der Waals surface area contributed by atoms with Crippen LogP contribution in [-0.4, -0.2) is 60.6 Å². The number of benzene rings is 2. The smallest absolute Gasteiger partial charge is 0.349 e. The lowest BCUT2D eigenvalue weighted by Gasteiger charge is -2.31. The standard InChI is InChI=1S/C14H17NO7.C13H14O4/c1-5-21-13(17)14(2,3)22-11-7-6-9(12(16)20-4)8-10(11)15(18)19;1-13(2)11(14)7-9-6-8(12(15)16-3)4-5-10(9)17-13/h6-8H,5H2,1-4H3;4-6H,7H2,1-3H3. The maximum absolute atomic E-state index is 11.8. The second-order valence-corrected chi connectivity index (χ2v) is 9.29. The van der Waals surface area contributed by atoms with Crippen LogP contribution in [0.2, 0.25) is 0 Å². The van der Waals surface area contributed by atoms with Crippen LogP contribution in [0.4, 0.5) is 5.69 Å². The number of ketones is 1. The molecule has 1 aliphatic rings. The van der Waals surface area contributed by atoms with E-state index in [-0.39, 0.29) is 30.1 Å². The maximum Gasteiger partial charge on any atom is 0.349 e. The lowest BCUT2D eigenvalue weighted by Crippen LogP contribution is -2.42. The molecule has 0 N–H and O–H groups in total. The lowest BCUT2D eigenvalue weighted by molar-refractivity contribution is -0.386. The highest BCUT2D eigenvalue weighted by molar-refractivity contribution is 5.93. The van der Waals surface area contributed by atoms with Crippen LogP contribution in [0.25, 0.3) is 0 Å². The molecule has 0 aromatic heterocycles.